The van der Waals surface area contributed by atoms with Crippen molar-refractivity contribution < 1.29 is 28.2 Å². The third-order valence-electron chi connectivity index (χ3n) is 6.12. The minimum atomic E-state index is -1.08. The van der Waals surface area contributed by atoms with E-state index in [2.05, 4.69) is 15.3 Å². The van der Waals surface area contributed by atoms with Gasteiger partial charge < -0.3 is 21.3 Å². The van der Waals surface area contributed by atoms with Crippen molar-refractivity contribution in [3.63, 3.8) is 0 Å². The van der Waals surface area contributed by atoms with Crippen molar-refractivity contribution >= 4 is 17.3 Å². The highest BCUT2D eigenvalue weighted by Gasteiger charge is 2.35. The normalized spacial score (nSPS) is 22.4. The lowest BCUT2D eigenvalue weighted by Crippen LogP contribution is -2.39. The van der Waals surface area contributed by atoms with Crippen LogP contribution >= 0.6 is 0 Å². The van der Waals surface area contributed by atoms with Gasteiger partial charge in [0, 0.05) is 12.3 Å². The molecule has 0 unspecified atom stereocenters. The number of pyridine rings is 2. The van der Waals surface area contributed by atoms with Crippen molar-refractivity contribution in [3.8, 4) is 11.3 Å². The molecule has 7 nitrogen and oxygen atoms in total. The first-order chi connectivity index (χ1) is 16.2. The van der Waals surface area contributed by atoms with Crippen molar-refractivity contribution in [1.82, 2.24) is 9.97 Å². The predicted molar refractivity (Wildman–Crippen MR) is 119 cm³/mol. The Morgan fingerprint density at radius 2 is 1.82 bits per heavy atom. The summed E-state index contributed by atoms with van der Waals surface area (Å²) in [7, 11) is 0. The maximum absolute atomic E-state index is 14.5. The van der Waals surface area contributed by atoms with Crippen LogP contribution in [-0.2, 0) is 0 Å². The Morgan fingerprint density at radius 3 is 2.50 bits per heavy atom. The Balaban J connectivity index is 1.67. The molecule has 1 aliphatic rings. The van der Waals surface area contributed by atoms with E-state index in [1.54, 1.807) is 6.07 Å². The molecule has 0 bridgehead atoms. The van der Waals surface area contributed by atoms with Crippen LogP contribution in [0.5, 0.6) is 0 Å². The summed E-state index contributed by atoms with van der Waals surface area (Å²) in [5, 5.41) is 22.9. The highest BCUT2D eigenvalue weighted by molar-refractivity contribution is 6.06. The monoisotopic (exact) mass is 472 g/mol. The second-order valence-corrected chi connectivity index (χ2v) is 8.47. The van der Waals surface area contributed by atoms with Crippen molar-refractivity contribution in [2.75, 3.05) is 11.1 Å². The van der Waals surface area contributed by atoms with Crippen LogP contribution in [0, 0.1) is 23.4 Å². The molecule has 0 radical (unpaired) electrons. The molecule has 1 fully saturated rings. The Hall–Kier alpha value is -3.50. The first-order valence-corrected chi connectivity index (χ1v) is 10.7. The highest BCUT2D eigenvalue weighted by Crippen LogP contribution is 2.39. The van der Waals surface area contributed by atoms with Crippen molar-refractivity contribution in [2.24, 2.45) is 5.92 Å². The van der Waals surface area contributed by atoms with Gasteiger partial charge >= 0.3 is 0 Å². The maximum Gasteiger partial charge on any atom is 0.276 e. The molecule has 3 aromatic rings. The van der Waals surface area contributed by atoms with Crippen LogP contribution in [0.15, 0.2) is 42.7 Å². The van der Waals surface area contributed by atoms with Gasteiger partial charge in [-0.3, -0.25) is 9.78 Å². The van der Waals surface area contributed by atoms with E-state index in [1.165, 1.54) is 12.4 Å². The summed E-state index contributed by atoms with van der Waals surface area (Å²) in [5.74, 6) is -4.32. The standard InChI is InChI=1S/C24H23F3N4O3/c1-11-7-12(8-19(32)23(11)33)13-5-6-29-10-18(13)30-24(34)22-17(28)9-16(27)21(31-22)20-14(25)3-2-4-15(20)26/h2-6,9-12,19,23,32-33H,7-8,28H2,1H3,(H,30,34)/t11-,12+,19+,23+/m0/s1. The van der Waals surface area contributed by atoms with Gasteiger partial charge in [0.15, 0.2) is 11.5 Å². The zero-order valence-electron chi connectivity index (χ0n) is 18.2. The van der Waals surface area contributed by atoms with E-state index in [-0.39, 0.29) is 23.9 Å². The fourth-order valence-corrected chi connectivity index (χ4v) is 4.38. The third-order valence-corrected chi connectivity index (χ3v) is 6.12. The predicted octanol–water partition coefficient (Wildman–Crippen LogP) is 3.63. The minimum Gasteiger partial charge on any atom is -0.397 e. The number of anilines is 2. The number of carbonyl (C=O) groups is 1. The molecule has 1 amide bonds. The molecule has 4 atom stereocenters. The number of carbonyl (C=O) groups excluding carboxylic acids is 1. The third kappa shape index (κ3) is 4.46. The number of nitrogen functional groups attached to an aromatic ring is 1. The molecule has 1 aliphatic carbocycles. The number of nitrogens with one attached hydrogen (secondary N) is 1. The molecular weight excluding hydrogens is 449 g/mol. The van der Waals surface area contributed by atoms with Gasteiger partial charge in [0.2, 0.25) is 0 Å². The lowest BCUT2D eigenvalue weighted by Gasteiger charge is -2.35. The number of halogens is 3. The molecule has 0 saturated heterocycles. The van der Waals surface area contributed by atoms with E-state index in [4.69, 9.17) is 5.73 Å². The quantitative estimate of drug-likeness (QED) is 0.460. The van der Waals surface area contributed by atoms with Crippen molar-refractivity contribution in [2.45, 2.75) is 37.9 Å². The number of amides is 1. The van der Waals surface area contributed by atoms with E-state index in [0.717, 1.165) is 24.3 Å². The molecule has 178 valence electrons. The fraction of sp³-hybridized carbons (Fsp3) is 0.292. The van der Waals surface area contributed by atoms with Gasteiger partial charge in [-0.1, -0.05) is 13.0 Å². The van der Waals surface area contributed by atoms with Gasteiger partial charge in [0.05, 0.1) is 35.3 Å². The van der Waals surface area contributed by atoms with Gasteiger partial charge in [-0.05, 0) is 48.4 Å². The zero-order chi connectivity index (χ0) is 24.6. The number of hydrogen-bond donors (Lipinski definition) is 4. The molecule has 4 rings (SSSR count). The Morgan fingerprint density at radius 1 is 1.12 bits per heavy atom. The number of hydrogen-bond acceptors (Lipinski definition) is 6. The molecule has 0 spiro atoms. The highest BCUT2D eigenvalue weighted by atomic mass is 19.1. The summed E-state index contributed by atoms with van der Waals surface area (Å²) >= 11 is 0. The minimum absolute atomic E-state index is 0.168. The molecule has 0 aliphatic heterocycles. The lowest BCUT2D eigenvalue weighted by atomic mass is 9.75. The second kappa shape index (κ2) is 9.40. The first kappa shape index (κ1) is 23.7. The van der Waals surface area contributed by atoms with Crippen molar-refractivity contribution in [3.05, 3.63) is 71.4 Å². The number of aliphatic hydroxyl groups is 2. The van der Waals surface area contributed by atoms with Crippen molar-refractivity contribution in [1.29, 1.82) is 0 Å². The molecule has 2 heterocycles. The largest absolute Gasteiger partial charge is 0.397 e. The Labute approximate surface area is 193 Å². The van der Waals surface area contributed by atoms with Crippen LogP contribution in [0.2, 0.25) is 0 Å². The molecule has 34 heavy (non-hydrogen) atoms. The number of nitrogens with two attached hydrogens (primary N) is 1. The van der Waals surface area contributed by atoms with E-state index in [0.29, 0.717) is 17.7 Å². The fourth-order valence-electron chi connectivity index (χ4n) is 4.38. The zero-order valence-corrected chi connectivity index (χ0v) is 18.2. The lowest BCUT2D eigenvalue weighted by molar-refractivity contribution is -0.0456. The summed E-state index contributed by atoms with van der Waals surface area (Å²) in [6, 6.07) is 5.51. The van der Waals surface area contributed by atoms with E-state index < -0.39 is 52.5 Å². The summed E-state index contributed by atoms with van der Waals surface area (Å²) in [6.45, 7) is 1.83. The molecule has 10 heteroatoms. The van der Waals surface area contributed by atoms with Gasteiger partial charge in [0.1, 0.15) is 17.3 Å². The number of aliphatic hydroxyl groups excluding tert-OH is 2. The van der Waals surface area contributed by atoms with Crippen LogP contribution in [-0.4, -0.2) is 38.3 Å². The van der Waals surface area contributed by atoms with E-state index >= 15 is 0 Å². The second-order valence-electron chi connectivity index (χ2n) is 8.47. The molecule has 1 aromatic carbocycles. The number of rotatable bonds is 4. The molecule has 5 N–H and O–H groups in total. The van der Waals surface area contributed by atoms with Gasteiger partial charge in [-0.15, -0.1) is 0 Å². The Bertz CT molecular complexity index is 1210. The van der Waals surface area contributed by atoms with E-state index in [1.807, 2.05) is 6.92 Å². The van der Waals surface area contributed by atoms with Crippen LogP contribution in [0.3, 0.4) is 0 Å². The van der Waals surface area contributed by atoms with Gasteiger partial charge in [-0.25, -0.2) is 18.2 Å². The smallest absolute Gasteiger partial charge is 0.276 e. The summed E-state index contributed by atoms with van der Waals surface area (Å²) in [4.78, 5) is 20.9. The van der Waals surface area contributed by atoms with Crippen LogP contribution < -0.4 is 11.1 Å². The number of nitrogens with zero attached hydrogens (tertiary/aromatic N) is 2. The number of aromatic nitrogens is 2. The summed E-state index contributed by atoms with van der Waals surface area (Å²) in [6.07, 6.45) is 2.04. The van der Waals surface area contributed by atoms with Gasteiger partial charge in [-0.2, -0.15) is 0 Å². The topological polar surface area (TPSA) is 121 Å². The van der Waals surface area contributed by atoms with Crippen LogP contribution in [0.1, 0.15) is 41.7 Å². The van der Waals surface area contributed by atoms with Gasteiger partial charge in [0.25, 0.3) is 5.91 Å². The van der Waals surface area contributed by atoms with Crippen LogP contribution in [0.25, 0.3) is 11.3 Å². The van der Waals surface area contributed by atoms with Crippen LogP contribution in [0.4, 0.5) is 24.5 Å². The number of benzene rings is 1. The average molecular weight is 472 g/mol. The molecule has 2 aromatic heterocycles. The maximum atomic E-state index is 14.5. The molecule has 1 saturated carbocycles. The first-order valence-electron chi connectivity index (χ1n) is 10.7. The molecular formula is C24H23F3N4O3. The SMILES string of the molecule is C[C@H]1C[C@@H](c2ccncc2NC(=O)c2nc(-c3c(F)cccc3F)c(F)cc2N)C[C@@H](O)[C@@H]1O. The Kier molecular flexibility index (Phi) is 6.54. The average Bonchev–Trinajstić information content (AvgIpc) is 2.78. The van der Waals surface area contributed by atoms with E-state index in [9.17, 15) is 28.2 Å². The summed E-state index contributed by atoms with van der Waals surface area (Å²) < 4.78 is 43.0. The summed E-state index contributed by atoms with van der Waals surface area (Å²) in [5.41, 5.74) is 4.68.